The highest BCUT2D eigenvalue weighted by Crippen LogP contribution is 2.40. The van der Waals surface area contributed by atoms with Gasteiger partial charge in [0, 0.05) is 36.3 Å². The maximum absolute atomic E-state index is 15.4. The predicted molar refractivity (Wildman–Crippen MR) is 100.0 cm³/mol. The summed E-state index contributed by atoms with van der Waals surface area (Å²) in [7, 11) is -1.01. The normalized spacial score (nSPS) is 24.2. The number of likely N-dealkylation sites (tertiary alicyclic amines) is 1. The minimum absolute atomic E-state index is 0.159. The molecule has 2 aliphatic heterocycles. The minimum Gasteiger partial charge on any atom is -0.398 e. The zero-order chi connectivity index (χ0) is 18.4. The molecule has 2 saturated heterocycles. The van der Waals surface area contributed by atoms with Crippen LogP contribution < -0.4 is 5.73 Å². The lowest BCUT2D eigenvalue weighted by Gasteiger charge is -2.37. The molecule has 0 unspecified atom stereocenters. The van der Waals surface area contributed by atoms with Crippen molar-refractivity contribution >= 4 is 24.3 Å². The third-order valence-corrected chi connectivity index (χ3v) is 5.56. The first-order chi connectivity index (χ1) is 11.6. The van der Waals surface area contributed by atoms with E-state index >= 15 is 4.39 Å². The van der Waals surface area contributed by atoms with Crippen molar-refractivity contribution < 1.29 is 13.7 Å². The Kier molecular flexibility index (Phi) is 5.03. The Hall–Kier alpha value is -0.915. The van der Waals surface area contributed by atoms with E-state index in [0.29, 0.717) is 17.1 Å². The number of hydrogen-bond donors (Lipinski definition) is 1. The lowest BCUT2D eigenvalue weighted by molar-refractivity contribution is 0.00578. The fraction of sp³-hybridized carbons (Fsp3) is 0.556. The molecule has 3 rings (SSSR count). The van der Waals surface area contributed by atoms with E-state index in [9.17, 15) is 0 Å². The molecule has 4 nitrogen and oxygen atoms in total. The monoisotopic (exact) mass is 366 g/mol. The number of halogens is 2. The molecule has 2 fully saturated rings. The van der Waals surface area contributed by atoms with Gasteiger partial charge in [-0.15, -0.1) is 0 Å². The van der Waals surface area contributed by atoms with E-state index in [0.717, 1.165) is 18.7 Å². The van der Waals surface area contributed by atoms with Crippen LogP contribution in [-0.2, 0) is 9.31 Å². The molecule has 0 atom stereocenters. The number of rotatable bonds is 4. The van der Waals surface area contributed by atoms with Gasteiger partial charge in [-0.2, -0.15) is 0 Å². The molecule has 0 saturated carbocycles. The summed E-state index contributed by atoms with van der Waals surface area (Å²) in [6, 6.07) is 7.32. The Morgan fingerprint density at radius 1 is 1.20 bits per heavy atom. The second kappa shape index (κ2) is 6.67. The topological polar surface area (TPSA) is 47.7 Å². The Morgan fingerprint density at radius 3 is 2.20 bits per heavy atom. The molecular formula is C18H25BClFN2O2. The molecular weight excluding hydrogens is 341 g/mol. The summed E-state index contributed by atoms with van der Waals surface area (Å²) in [5.41, 5.74) is 5.63. The second-order valence-corrected chi connectivity index (χ2v) is 8.31. The third kappa shape index (κ3) is 3.78. The van der Waals surface area contributed by atoms with E-state index < -0.39 is 18.3 Å². The maximum Gasteiger partial charge on any atom is 0.525 e. The van der Waals surface area contributed by atoms with Crippen LogP contribution in [0, 0.1) is 0 Å². The molecule has 25 heavy (non-hydrogen) atoms. The van der Waals surface area contributed by atoms with Gasteiger partial charge in [0.05, 0.1) is 11.2 Å². The van der Waals surface area contributed by atoms with Gasteiger partial charge < -0.3 is 15.0 Å². The molecule has 0 aliphatic carbocycles. The number of benzene rings is 1. The van der Waals surface area contributed by atoms with Crippen molar-refractivity contribution in [3.63, 3.8) is 0 Å². The van der Waals surface area contributed by atoms with Gasteiger partial charge in [-0.25, -0.2) is 4.39 Å². The summed E-state index contributed by atoms with van der Waals surface area (Å²) < 4.78 is 27.2. The molecule has 2 N–H and O–H groups in total. The van der Waals surface area contributed by atoms with E-state index in [1.54, 1.807) is 12.1 Å². The summed E-state index contributed by atoms with van der Waals surface area (Å²) in [5, 5.41) is 0.616. The van der Waals surface area contributed by atoms with Crippen molar-refractivity contribution in [2.24, 2.45) is 5.73 Å². The van der Waals surface area contributed by atoms with Gasteiger partial charge in [0.15, 0.2) is 0 Å². The van der Waals surface area contributed by atoms with Crippen LogP contribution in [0.25, 0.3) is 5.57 Å². The molecule has 2 heterocycles. The fourth-order valence-electron chi connectivity index (χ4n) is 3.01. The Balaban J connectivity index is 1.92. The van der Waals surface area contributed by atoms with Crippen LogP contribution in [0.3, 0.4) is 0 Å². The van der Waals surface area contributed by atoms with Crippen LogP contribution in [0.15, 0.2) is 30.0 Å². The van der Waals surface area contributed by atoms with E-state index in [-0.39, 0.29) is 11.8 Å². The summed E-state index contributed by atoms with van der Waals surface area (Å²) in [5.74, 6) is 0. The molecule has 0 bridgehead atoms. The SMILES string of the molecule is CC1(C)OB(C(F)=C(CN2CC(N)C2)c2ccc(Cl)cc2)OC1(C)C. The highest BCUT2D eigenvalue weighted by Gasteiger charge is 2.53. The zero-order valence-electron chi connectivity index (χ0n) is 15.2. The second-order valence-electron chi connectivity index (χ2n) is 7.88. The van der Waals surface area contributed by atoms with Gasteiger partial charge in [0.25, 0.3) is 0 Å². The van der Waals surface area contributed by atoms with Crippen molar-refractivity contribution in [2.75, 3.05) is 19.6 Å². The summed E-state index contributed by atoms with van der Waals surface area (Å²) in [6.45, 7) is 9.63. The van der Waals surface area contributed by atoms with Crippen LogP contribution in [0.4, 0.5) is 4.39 Å². The summed E-state index contributed by atoms with van der Waals surface area (Å²) in [4.78, 5) is 2.11. The van der Waals surface area contributed by atoms with Gasteiger partial charge in [0.2, 0.25) is 0 Å². The Bertz CT molecular complexity index is 656. The molecule has 0 aromatic heterocycles. The standard InChI is InChI=1S/C18H25BClFN2O2/c1-17(2)18(3,4)25-19(24-17)16(21)15(11-23-9-14(22)10-23)12-5-7-13(20)8-6-12/h5-8,14H,9-11,22H2,1-4H3. The average Bonchev–Trinajstić information content (AvgIpc) is 2.71. The molecule has 1 aromatic rings. The molecule has 2 aliphatic rings. The van der Waals surface area contributed by atoms with Gasteiger partial charge >= 0.3 is 7.12 Å². The molecule has 0 radical (unpaired) electrons. The highest BCUT2D eigenvalue weighted by molar-refractivity contribution is 6.55. The van der Waals surface area contributed by atoms with E-state index in [2.05, 4.69) is 4.90 Å². The molecule has 136 valence electrons. The van der Waals surface area contributed by atoms with Crippen molar-refractivity contribution in [3.05, 3.63) is 40.6 Å². The number of nitrogens with two attached hydrogens (primary N) is 1. The van der Waals surface area contributed by atoms with Crippen molar-refractivity contribution in [2.45, 2.75) is 44.9 Å². The zero-order valence-corrected chi connectivity index (χ0v) is 15.9. The van der Waals surface area contributed by atoms with Crippen LogP contribution in [-0.4, -0.2) is 48.9 Å². The van der Waals surface area contributed by atoms with Gasteiger partial charge in [0.1, 0.15) is 5.73 Å². The van der Waals surface area contributed by atoms with Crippen molar-refractivity contribution in [1.29, 1.82) is 0 Å². The van der Waals surface area contributed by atoms with Gasteiger partial charge in [-0.3, -0.25) is 4.90 Å². The number of hydrogen-bond acceptors (Lipinski definition) is 4. The maximum atomic E-state index is 15.4. The Morgan fingerprint density at radius 2 is 1.72 bits per heavy atom. The van der Waals surface area contributed by atoms with Crippen molar-refractivity contribution in [3.8, 4) is 0 Å². The minimum atomic E-state index is -1.01. The first-order valence-corrected chi connectivity index (χ1v) is 8.95. The third-order valence-electron chi connectivity index (χ3n) is 5.31. The molecule has 7 heteroatoms. The van der Waals surface area contributed by atoms with Crippen LogP contribution in [0.1, 0.15) is 33.3 Å². The van der Waals surface area contributed by atoms with Gasteiger partial charge in [-0.1, -0.05) is 23.7 Å². The predicted octanol–water partition coefficient (Wildman–Crippen LogP) is 3.29. The van der Waals surface area contributed by atoms with E-state index in [4.69, 9.17) is 26.6 Å². The lowest BCUT2D eigenvalue weighted by atomic mass is 9.82. The van der Waals surface area contributed by atoms with Crippen molar-refractivity contribution in [1.82, 2.24) is 4.90 Å². The summed E-state index contributed by atoms with van der Waals surface area (Å²) in [6.07, 6.45) is 0. The van der Waals surface area contributed by atoms with Crippen LogP contribution >= 0.6 is 11.6 Å². The first kappa shape index (κ1) is 18.9. The smallest absolute Gasteiger partial charge is 0.398 e. The highest BCUT2D eigenvalue weighted by atomic mass is 35.5. The van der Waals surface area contributed by atoms with Crippen LogP contribution in [0.5, 0.6) is 0 Å². The lowest BCUT2D eigenvalue weighted by Crippen LogP contribution is -2.55. The molecule has 0 amide bonds. The molecule has 1 aromatic carbocycles. The largest absolute Gasteiger partial charge is 0.525 e. The first-order valence-electron chi connectivity index (χ1n) is 8.57. The Labute approximate surface area is 154 Å². The average molecular weight is 367 g/mol. The molecule has 0 spiro atoms. The van der Waals surface area contributed by atoms with E-state index in [1.807, 2.05) is 39.8 Å². The quantitative estimate of drug-likeness (QED) is 0.831. The van der Waals surface area contributed by atoms with E-state index in [1.165, 1.54) is 0 Å². The number of nitrogens with zero attached hydrogens (tertiary/aromatic N) is 1. The van der Waals surface area contributed by atoms with Gasteiger partial charge in [-0.05, 0) is 45.4 Å². The summed E-state index contributed by atoms with van der Waals surface area (Å²) >= 11 is 5.97. The van der Waals surface area contributed by atoms with Crippen LogP contribution in [0.2, 0.25) is 5.02 Å². The fourth-order valence-corrected chi connectivity index (χ4v) is 3.13.